The Bertz CT molecular complexity index is 386. The highest BCUT2D eigenvalue weighted by atomic mass is 16.5. The van der Waals surface area contributed by atoms with Crippen molar-refractivity contribution in [3.63, 3.8) is 0 Å². The van der Waals surface area contributed by atoms with E-state index in [-0.39, 0.29) is 0 Å². The van der Waals surface area contributed by atoms with E-state index < -0.39 is 0 Å². The fraction of sp³-hybridized carbons (Fsp3) is 0.714. The molecule has 0 radical (unpaired) electrons. The number of hydrogen-bond donors (Lipinski definition) is 2. The third-order valence-corrected chi connectivity index (χ3v) is 2.92. The number of aryl methyl sites for hydroxylation is 1. The zero-order valence-corrected chi connectivity index (χ0v) is 13.1. The second kappa shape index (κ2) is 9.50. The van der Waals surface area contributed by atoms with Gasteiger partial charge in [0.15, 0.2) is 0 Å². The van der Waals surface area contributed by atoms with Gasteiger partial charge in [0, 0.05) is 45.8 Å². The molecule has 0 unspecified atom stereocenters. The molecule has 0 spiro atoms. The van der Waals surface area contributed by atoms with Crippen molar-refractivity contribution in [1.82, 2.24) is 14.9 Å². The Morgan fingerprint density at radius 1 is 1.15 bits per heavy atom. The van der Waals surface area contributed by atoms with Gasteiger partial charge in [-0.15, -0.1) is 0 Å². The molecule has 20 heavy (non-hydrogen) atoms. The Labute approximate surface area is 121 Å². The van der Waals surface area contributed by atoms with Crippen LogP contribution in [0.25, 0.3) is 0 Å². The van der Waals surface area contributed by atoms with Crippen LogP contribution in [0.15, 0.2) is 6.07 Å². The van der Waals surface area contributed by atoms with Crippen LogP contribution >= 0.6 is 0 Å². The van der Waals surface area contributed by atoms with Crippen LogP contribution in [0.3, 0.4) is 0 Å². The Morgan fingerprint density at radius 2 is 1.85 bits per heavy atom. The molecule has 1 heterocycles. The lowest BCUT2D eigenvalue weighted by Crippen LogP contribution is -2.28. The summed E-state index contributed by atoms with van der Waals surface area (Å²) in [5.74, 6) is 2.63. The van der Waals surface area contributed by atoms with Gasteiger partial charge in [-0.1, -0.05) is 6.92 Å². The van der Waals surface area contributed by atoms with Crippen molar-refractivity contribution in [2.45, 2.75) is 20.3 Å². The van der Waals surface area contributed by atoms with Gasteiger partial charge in [0.05, 0.1) is 6.61 Å². The third-order valence-electron chi connectivity index (χ3n) is 2.92. The first-order chi connectivity index (χ1) is 9.69. The summed E-state index contributed by atoms with van der Waals surface area (Å²) in [5.41, 5.74) is 0. The largest absolute Gasteiger partial charge is 0.383 e. The number of methoxy groups -OCH3 is 1. The van der Waals surface area contributed by atoms with Crippen LogP contribution in [-0.4, -0.2) is 61.8 Å². The summed E-state index contributed by atoms with van der Waals surface area (Å²) in [6.07, 6.45) is 0.835. The minimum atomic E-state index is 0.758. The molecule has 0 aliphatic rings. The predicted molar refractivity (Wildman–Crippen MR) is 83.4 cm³/mol. The van der Waals surface area contributed by atoms with Gasteiger partial charge in [-0.05, 0) is 14.0 Å². The lowest BCUT2D eigenvalue weighted by molar-refractivity contribution is 0.163. The monoisotopic (exact) mass is 281 g/mol. The average molecular weight is 281 g/mol. The van der Waals surface area contributed by atoms with E-state index >= 15 is 0 Å². The van der Waals surface area contributed by atoms with E-state index in [0.717, 1.165) is 56.7 Å². The summed E-state index contributed by atoms with van der Waals surface area (Å²) in [6, 6.07) is 1.96. The van der Waals surface area contributed by atoms with Gasteiger partial charge >= 0.3 is 0 Å². The predicted octanol–water partition coefficient (Wildman–Crippen LogP) is 1.46. The molecule has 0 aromatic carbocycles. The first-order valence-electron chi connectivity index (χ1n) is 7.22. The fourth-order valence-electron chi connectivity index (χ4n) is 1.75. The van der Waals surface area contributed by atoms with Crippen LogP contribution in [0.2, 0.25) is 0 Å². The van der Waals surface area contributed by atoms with Crippen LogP contribution < -0.4 is 10.6 Å². The molecule has 2 N–H and O–H groups in total. The zero-order chi connectivity index (χ0) is 14.8. The molecule has 0 atom stereocenters. The SMILES string of the molecule is CCNc1cc(NCCN(C)CCOC)nc(CC)n1. The maximum absolute atomic E-state index is 5.06. The van der Waals surface area contributed by atoms with Gasteiger partial charge in [0.1, 0.15) is 17.5 Å². The number of hydrogen-bond acceptors (Lipinski definition) is 6. The summed E-state index contributed by atoms with van der Waals surface area (Å²) in [5, 5.41) is 6.58. The lowest BCUT2D eigenvalue weighted by atomic mass is 10.4. The van der Waals surface area contributed by atoms with Crippen molar-refractivity contribution in [3.8, 4) is 0 Å². The van der Waals surface area contributed by atoms with Crippen molar-refractivity contribution in [2.24, 2.45) is 0 Å². The molecule has 0 aliphatic heterocycles. The number of aromatic nitrogens is 2. The summed E-state index contributed by atoms with van der Waals surface area (Å²) in [4.78, 5) is 11.1. The second-order valence-corrected chi connectivity index (χ2v) is 4.66. The average Bonchev–Trinajstić information content (AvgIpc) is 2.45. The molecule has 0 saturated carbocycles. The third kappa shape index (κ3) is 6.16. The molecule has 0 bridgehead atoms. The maximum Gasteiger partial charge on any atom is 0.132 e. The van der Waals surface area contributed by atoms with Crippen molar-refractivity contribution in [3.05, 3.63) is 11.9 Å². The Hall–Kier alpha value is -1.40. The molecular weight excluding hydrogens is 254 g/mol. The van der Waals surface area contributed by atoms with Crippen LogP contribution in [-0.2, 0) is 11.2 Å². The number of ether oxygens (including phenoxy) is 1. The van der Waals surface area contributed by atoms with Crippen LogP contribution in [0, 0.1) is 0 Å². The quantitative estimate of drug-likeness (QED) is 0.677. The van der Waals surface area contributed by atoms with E-state index in [1.165, 1.54) is 0 Å². The molecule has 1 aromatic heterocycles. The first-order valence-corrected chi connectivity index (χ1v) is 7.22. The minimum Gasteiger partial charge on any atom is -0.383 e. The van der Waals surface area contributed by atoms with E-state index in [9.17, 15) is 0 Å². The van der Waals surface area contributed by atoms with E-state index in [1.807, 2.05) is 6.07 Å². The minimum absolute atomic E-state index is 0.758. The lowest BCUT2D eigenvalue weighted by Gasteiger charge is -2.16. The molecule has 6 nitrogen and oxygen atoms in total. The van der Waals surface area contributed by atoms with Crippen molar-refractivity contribution in [1.29, 1.82) is 0 Å². The number of rotatable bonds is 10. The maximum atomic E-state index is 5.06. The molecular formula is C14H27N5O. The van der Waals surface area contributed by atoms with Crippen molar-refractivity contribution < 1.29 is 4.74 Å². The van der Waals surface area contributed by atoms with Gasteiger partial charge in [0.2, 0.25) is 0 Å². The van der Waals surface area contributed by atoms with E-state index in [4.69, 9.17) is 4.74 Å². The summed E-state index contributed by atoms with van der Waals surface area (Å²) in [7, 11) is 3.81. The number of nitrogens with zero attached hydrogens (tertiary/aromatic N) is 3. The molecule has 1 aromatic rings. The van der Waals surface area contributed by atoms with Gasteiger partial charge in [0.25, 0.3) is 0 Å². The van der Waals surface area contributed by atoms with E-state index in [1.54, 1.807) is 7.11 Å². The highest BCUT2D eigenvalue weighted by Crippen LogP contribution is 2.11. The topological polar surface area (TPSA) is 62.3 Å². The van der Waals surface area contributed by atoms with Gasteiger partial charge in [-0.2, -0.15) is 0 Å². The Morgan fingerprint density at radius 3 is 2.45 bits per heavy atom. The smallest absolute Gasteiger partial charge is 0.132 e. The van der Waals surface area contributed by atoms with E-state index in [2.05, 4.69) is 46.4 Å². The standard InChI is InChI=1S/C14H27N5O/c1-5-12-17-13(15-6-2)11-14(18-12)16-7-8-19(3)9-10-20-4/h11H,5-10H2,1-4H3,(H2,15,16,17,18). The van der Waals surface area contributed by atoms with Gasteiger partial charge < -0.3 is 20.3 Å². The number of anilines is 2. The van der Waals surface area contributed by atoms with Crippen LogP contribution in [0.1, 0.15) is 19.7 Å². The highest BCUT2D eigenvalue weighted by Gasteiger charge is 2.03. The second-order valence-electron chi connectivity index (χ2n) is 4.66. The van der Waals surface area contributed by atoms with E-state index in [0.29, 0.717) is 0 Å². The van der Waals surface area contributed by atoms with Crippen LogP contribution in [0.4, 0.5) is 11.6 Å². The molecule has 114 valence electrons. The van der Waals surface area contributed by atoms with Gasteiger partial charge in [-0.3, -0.25) is 0 Å². The molecule has 0 saturated heterocycles. The number of likely N-dealkylation sites (N-methyl/N-ethyl adjacent to an activating group) is 1. The zero-order valence-electron chi connectivity index (χ0n) is 13.1. The van der Waals surface area contributed by atoms with Crippen molar-refractivity contribution >= 4 is 11.6 Å². The molecule has 0 aliphatic carbocycles. The number of nitrogens with one attached hydrogen (secondary N) is 2. The Kier molecular flexibility index (Phi) is 7.91. The molecule has 1 rings (SSSR count). The highest BCUT2D eigenvalue weighted by molar-refractivity contribution is 5.47. The summed E-state index contributed by atoms with van der Waals surface area (Å²) >= 11 is 0. The van der Waals surface area contributed by atoms with Crippen molar-refractivity contribution in [2.75, 3.05) is 57.6 Å². The normalized spacial score (nSPS) is 10.8. The van der Waals surface area contributed by atoms with Crippen LogP contribution in [0.5, 0.6) is 0 Å². The summed E-state index contributed by atoms with van der Waals surface area (Å²) < 4.78 is 5.06. The Balaban J connectivity index is 2.47. The molecule has 0 amide bonds. The molecule has 6 heteroatoms. The summed E-state index contributed by atoms with van der Waals surface area (Å²) in [6.45, 7) is 8.48. The first kappa shape index (κ1) is 16.7. The van der Waals surface area contributed by atoms with Gasteiger partial charge in [-0.25, -0.2) is 9.97 Å². The molecule has 0 fully saturated rings. The fourth-order valence-corrected chi connectivity index (χ4v) is 1.75.